The van der Waals surface area contributed by atoms with Crippen LogP contribution in [0.2, 0.25) is 0 Å². The van der Waals surface area contributed by atoms with Gasteiger partial charge < -0.3 is 58.9 Å². The molecule has 18 nitrogen and oxygen atoms in total. The number of nitrogens with zero attached hydrogens (tertiary/aromatic N) is 1. The minimum atomic E-state index is -4.67. The highest BCUT2D eigenvalue weighted by atomic mass is 32.3. The Bertz CT molecular complexity index is 1390. The molecule has 3 saturated heterocycles. The second-order valence-electron chi connectivity index (χ2n) is 16.9. The SMILES string of the molecule is CC[C@H]1OC(=O)[C@H](C)[C@@H](O[C@H]2C[C@@](C)(OC)[C@@H](O)[C@H](C)O2)[C@@H](C)[C@@H](O[C@@H]2O[C@H](C)C[C@H](N(C)C)[C@H]2O)[C@](C)(O)C[C@@H](C)C(=O)[C@H](C)[C@H](O)[C@]1(C)O.O=S(=O)(O)O. The first kappa shape index (κ1) is 50.7. The lowest BCUT2D eigenvalue weighted by Gasteiger charge is -2.49. The number of carbonyl (C=O) groups is 2. The maximum absolute atomic E-state index is 14.1. The summed E-state index contributed by atoms with van der Waals surface area (Å²) in [5.41, 5.74) is -4.84. The van der Waals surface area contributed by atoms with Crippen molar-refractivity contribution in [1.82, 2.24) is 4.90 Å². The van der Waals surface area contributed by atoms with Gasteiger partial charge in [-0.2, -0.15) is 8.42 Å². The first-order valence-electron chi connectivity index (χ1n) is 19.2. The van der Waals surface area contributed by atoms with Gasteiger partial charge in [0.15, 0.2) is 12.6 Å². The minimum Gasteiger partial charge on any atom is -0.459 e. The van der Waals surface area contributed by atoms with Gasteiger partial charge in [-0.1, -0.05) is 27.7 Å². The molecule has 0 amide bonds. The predicted molar refractivity (Wildman–Crippen MR) is 200 cm³/mol. The molecule has 3 heterocycles. The Morgan fingerprint density at radius 2 is 1.43 bits per heavy atom. The fraction of sp³-hybridized carbons (Fsp3) is 0.946. The molecule has 0 aromatic heterocycles. The topological polar surface area (TPSA) is 269 Å². The normalized spacial score (nSPS) is 46.3. The van der Waals surface area contributed by atoms with Gasteiger partial charge in [0.25, 0.3) is 0 Å². The molecule has 3 rings (SSSR count). The summed E-state index contributed by atoms with van der Waals surface area (Å²) in [5, 5.41) is 57.6. The summed E-state index contributed by atoms with van der Waals surface area (Å²) in [7, 11) is 0.510. The van der Waals surface area contributed by atoms with Crippen LogP contribution in [0.5, 0.6) is 0 Å². The van der Waals surface area contributed by atoms with E-state index in [4.69, 9.17) is 45.9 Å². The van der Waals surface area contributed by atoms with Crippen LogP contribution in [0.15, 0.2) is 0 Å². The van der Waals surface area contributed by atoms with Crippen molar-refractivity contribution in [2.75, 3.05) is 21.2 Å². The van der Waals surface area contributed by atoms with E-state index in [1.807, 2.05) is 25.9 Å². The second-order valence-corrected chi connectivity index (χ2v) is 17.8. The average molecular weight is 832 g/mol. The monoisotopic (exact) mass is 831 g/mol. The summed E-state index contributed by atoms with van der Waals surface area (Å²) in [6.45, 7) is 16.3. The molecular formula is C37H69NO17S. The molecule has 0 aliphatic carbocycles. The van der Waals surface area contributed by atoms with Crippen molar-refractivity contribution in [3.8, 4) is 0 Å². The zero-order valence-electron chi connectivity index (χ0n) is 35.1. The van der Waals surface area contributed by atoms with Crippen LogP contribution in [0.25, 0.3) is 0 Å². The number of ketones is 1. The van der Waals surface area contributed by atoms with Gasteiger partial charge >= 0.3 is 16.4 Å². The van der Waals surface area contributed by atoms with E-state index in [1.165, 1.54) is 27.9 Å². The van der Waals surface area contributed by atoms with Crippen LogP contribution in [0.1, 0.15) is 94.9 Å². The van der Waals surface area contributed by atoms with E-state index in [1.54, 1.807) is 41.5 Å². The summed E-state index contributed by atoms with van der Waals surface area (Å²) in [6.07, 6.45) is -9.71. The summed E-state index contributed by atoms with van der Waals surface area (Å²) in [5.74, 6) is -4.98. The molecule has 0 unspecified atom stereocenters. The van der Waals surface area contributed by atoms with Crippen LogP contribution in [0.4, 0.5) is 0 Å². The van der Waals surface area contributed by atoms with Gasteiger partial charge in [-0.3, -0.25) is 18.7 Å². The van der Waals surface area contributed by atoms with Crippen molar-refractivity contribution in [2.24, 2.45) is 23.7 Å². The number of carbonyl (C=O) groups excluding carboxylic acids is 2. The summed E-state index contributed by atoms with van der Waals surface area (Å²) in [4.78, 5) is 29.8. The molecule has 0 bridgehead atoms. The lowest BCUT2D eigenvalue weighted by Crippen LogP contribution is -2.61. The van der Waals surface area contributed by atoms with E-state index in [2.05, 4.69) is 0 Å². The molecular weight excluding hydrogens is 762 g/mol. The number of aliphatic hydroxyl groups excluding tert-OH is 3. The fourth-order valence-corrected chi connectivity index (χ4v) is 8.41. The number of cyclic esters (lactones) is 1. The molecule has 330 valence electrons. The van der Waals surface area contributed by atoms with Gasteiger partial charge in [-0.15, -0.1) is 0 Å². The average Bonchev–Trinajstić information content (AvgIpc) is 3.08. The van der Waals surface area contributed by atoms with Crippen molar-refractivity contribution in [3.63, 3.8) is 0 Å². The van der Waals surface area contributed by atoms with Crippen LogP contribution >= 0.6 is 0 Å². The number of rotatable bonds is 7. The highest BCUT2D eigenvalue weighted by Gasteiger charge is 2.53. The third kappa shape index (κ3) is 12.5. The quantitative estimate of drug-likeness (QED) is 0.140. The Hall–Kier alpha value is -1.43. The molecule has 0 aromatic carbocycles. The van der Waals surface area contributed by atoms with Gasteiger partial charge in [-0.25, -0.2) is 0 Å². The molecule has 7 N–H and O–H groups in total. The summed E-state index contributed by atoms with van der Waals surface area (Å²) in [6, 6.07) is -0.324. The van der Waals surface area contributed by atoms with Gasteiger partial charge in [0.2, 0.25) is 0 Å². The maximum Gasteiger partial charge on any atom is 0.394 e. The van der Waals surface area contributed by atoms with E-state index in [0.717, 1.165) is 0 Å². The number of likely N-dealkylation sites (N-methyl/N-ethyl adjacent to an activating group) is 1. The number of hydrogen-bond donors (Lipinski definition) is 7. The lowest BCUT2D eigenvalue weighted by molar-refractivity contribution is -0.318. The number of hydrogen-bond acceptors (Lipinski definition) is 16. The molecule has 18 atom stereocenters. The predicted octanol–water partition coefficient (Wildman–Crippen LogP) is 1.13. The van der Waals surface area contributed by atoms with Crippen LogP contribution in [-0.2, 0) is 48.4 Å². The van der Waals surface area contributed by atoms with Crippen LogP contribution in [0, 0.1) is 23.7 Å². The number of ether oxygens (including phenoxy) is 6. The van der Waals surface area contributed by atoms with E-state index in [-0.39, 0.29) is 31.4 Å². The Morgan fingerprint density at radius 3 is 1.93 bits per heavy atom. The molecule has 3 fully saturated rings. The van der Waals surface area contributed by atoms with Gasteiger partial charge in [0.1, 0.15) is 29.7 Å². The van der Waals surface area contributed by atoms with Crippen molar-refractivity contribution in [2.45, 2.75) is 179 Å². The fourth-order valence-electron chi connectivity index (χ4n) is 8.41. The third-order valence-electron chi connectivity index (χ3n) is 11.8. The molecule has 0 aromatic rings. The molecule has 0 saturated carbocycles. The van der Waals surface area contributed by atoms with Crippen molar-refractivity contribution < 1.29 is 81.1 Å². The Labute approximate surface area is 331 Å². The van der Waals surface area contributed by atoms with Crippen LogP contribution in [-0.4, -0.2) is 165 Å². The number of esters is 1. The Balaban J connectivity index is 0.00000203. The molecule has 0 radical (unpaired) electrons. The largest absolute Gasteiger partial charge is 0.459 e. The summed E-state index contributed by atoms with van der Waals surface area (Å²) < 4.78 is 68.6. The standard InChI is InChI=1S/C37H67NO13.H2O4S/c1-14-25-37(10,45)30(41)20(4)27(39)18(2)16-35(8,44)32(51-34-28(40)24(38(11)12)15-19(3)47-34)21(5)29(22(6)33(43)49-25)50-26-17-36(9,46-13)31(42)23(7)48-26;1-5(2,3)4/h18-26,28-32,34,40-42,44-45H,14-17H2,1-13H3;(H2,1,2,3,4)/t18-,19-,20+,21-,22-,23+,24+,25-,26+,28-,29+,30+,31+,32-,34+,35-,36-,37-;/m1./s1. The van der Waals surface area contributed by atoms with E-state index < -0.39 is 118 Å². The zero-order chi connectivity index (χ0) is 43.5. The first-order chi connectivity index (χ1) is 25.4. The first-order valence-corrected chi connectivity index (χ1v) is 20.6. The van der Waals surface area contributed by atoms with Gasteiger partial charge in [-0.05, 0) is 74.9 Å². The number of Topliss-reactive ketones (excluding diaryl/α,β-unsaturated/α-hetero) is 1. The lowest BCUT2D eigenvalue weighted by atomic mass is 9.74. The van der Waals surface area contributed by atoms with E-state index in [9.17, 15) is 35.1 Å². The van der Waals surface area contributed by atoms with Gasteiger partial charge in [0, 0.05) is 37.3 Å². The van der Waals surface area contributed by atoms with Crippen LogP contribution in [0.3, 0.4) is 0 Å². The molecule has 3 aliphatic heterocycles. The Morgan fingerprint density at radius 1 is 0.875 bits per heavy atom. The van der Waals surface area contributed by atoms with Gasteiger partial charge in [0.05, 0.1) is 47.6 Å². The summed E-state index contributed by atoms with van der Waals surface area (Å²) >= 11 is 0. The van der Waals surface area contributed by atoms with E-state index in [0.29, 0.717) is 6.42 Å². The smallest absolute Gasteiger partial charge is 0.394 e. The number of aliphatic hydroxyl groups is 5. The molecule has 3 aliphatic rings. The van der Waals surface area contributed by atoms with Crippen molar-refractivity contribution >= 4 is 22.2 Å². The second kappa shape index (κ2) is 19.8. The van der Waals surface area contributed by atoms with Crippen molar-refractivity contribution in [3.05, 3.63) is 0 Å². The number of methoxy groups -OCH3 is 1. The highest BCUT2D eigenvalue weighted by Crippen LogP contribution is 2.40. The highest BCUT2D eigenvalue weighted by molar-refractivity contribution is 7.79. The Kier molecular flexibility index (Phi) is 17.9. The zero-order valence-corrected chi connectivity index (χ0v) is 35.9. The minimum absolute atomic E-state index is 0.0936. The molecule has 19 heteroatoms. The van der Waals surface area contributed by atoms with Crippen molar-refractivity contribution in [1.29, 1.82) is 0 Å². The molecule has 0 spiro atoms. The maximum atomic E-state index is 14.1. The third-order valence-corrected chi connectivity index (χ3v) is 11.8. The van der Waals surface area contributed by atoms with Crippen LogP contribution < -0.4 is 0 Å². The van der Waals surface area contributed by atoms with E-state index >= 15 is 0 Å². The molecule has 56 heavy (non-hydrogen) atoms.